The average Bonchev–Trinajstić information content (AvgIpc) is 2.84. The van der Waals surface area contributed by atoms with E-state index in [-0.39, 0.29) is 23.9 Å². The molecule has 3 aromatic rings. The van der Waals surface area contributed by atoms with E-state index in [2.05, 4.69) is 5.32 Å². The molecule has 0 bridgehead atoms. The number of anilines is 3. The van der Waals surface area contributed by atoms with E-state index in [9.17, 15) is 18.0 Å². The molecule has 176 valence electrons. The lowest BCUT2D eigenvalue weighted by atomic mass is 10.1. The van der Waals surface area contributed by atoms with Crippen LogP contribution in [-0.4, -0.2) is 46.5 Å². The highest BCUT2D eigenvalue weighted by atomic mass is 32.2. The molecule has 3 aromatic carbocycles. The predicted molar refractivity (Wildman–Crippen MR) is 129 cm³/mol. The van der Waals surface area contributed by atoms with Gasteiger partial charge in [-0.25, -0.2) is 8.42 Å². The van der Waals surface area contributed by atoms with Gasteiger partial charge in [0, 0.05) is 12.7 Å². The monoisotopic (exact) mass is 480 g/mol. The van der Waals surface area contributed by atoms with Crippen LogP contribution < -0.4 is 25.0 Å². The van der Waals surface area contributed by atoms with Gasteiger partial charge in [0.15, 0.2) is 6.10 Å². The van der Waals surface area contributed by atoms with Crippen LogP contribution in [0.1, 0.15) is 0 Å². The summed E-state index contributed by atoms with van der Waals surface area (Å²) in [5.74, 6) is -0.548. The number of ether oxygens (including phenoxy) is 1. The molecular weight excluding hydrogens is 456 g/mol. The van der Waals surface area contributed by atoms with Gasteiger partial charge < -0.3 is 20.7 Å². The minimum Gasteiger partial charge on any atom is -0.477 e. The smallest absolute Gasteiger partial charge is 0.264 e. The van der Waals surface area contributed by atoms with Crippen molar-refractivity contribution in [3.63, 3.8) is 0 Å². The summed E-state index contributed by atoms with van der Waals surface area (Å²) in [5, 5.41) is 2.73. The van der Waals surface area contributed by atoms with Crippen LogP contribution in [0.25, 0.3) is 0 Å². The number of primary amides is 1. The fourth-order valence-electron chi connectivity index (χ4n) is 3.65. The second-order valence-corrected chi connectivity index (χ2v) is 9.71. The Morgan fingerprint density at radius 2 is 1.76 bits per heavy atom. The summed E-state index contributed by atoms with van der Waals surface area (Å²) in [6.45, 7) is 0.0428. The van der Waals surface area contributed by atoms with Gasteiger partial charge in [-0.15, -0.1) is 0 Å². The standard InChI is InChI=1S/C24H24N4O5S/c1-27(18-9-3-2-4-10-18)34(31,32)19-11-7-8-17(14-19)26-23(29)16-28-15-22(24(25)30)33-21-13-6-5-12-20(21)28/h2-14,22H,15-16H2,1H3,(H2,25,30)(H,26,29)/t22-/m0/s1. The molecule has 0 radical (unpaired) electrons. The highest BCUT2D eigenvalue weighted by Crippen LogP contribution is 2.33. The van der Waals surface area contributed by atoms with Gasteiger partial charge in [0.05, 0.1) is 29.4 Å². The first-order valence-electron chi connectivity index (χ1n) is 10.5. The molecule has 34 heavy (non-hydrogen) atoms. The van der Waals surface area contributed by atoms with E-state index in [0.717, 1.165) is 0 Å². The third kappa shape index (κ3) is 4.81. The fourth-order valence-corrected chi connectivity index (χ4v) is 4.89. The third-order valence-electron chi connectivity index (χ3n) is 5.41. The zero-order valence-corrected chi connectivity index (χ0v) is 19.2. The molecule has 0 fully saturated rings. The summed E-state index contributed by atoms with van der Waals surface area (Å²) in [6, 6.07) is 21.8. The number of nitrogens with zero attached hydrogens (tertiary/aromatic N) is 2. The lowest BCUT2D eigenvalue weighted by Gasteiger charge is -2.34. The van der Waals surface area contributed by atoms with Gasteiger partial charge in [0.2, 0.25) is 5.91 Å². The summed E-state index contributed by atoms with van der Waals surface area (Å²) in [5.41, 5.74) is 6.93. The zero-order valence-electron chi connectivity index (χ0n) is 18.4. The molecule has 9 nitrogen and oxygen atoms in total. The molecule has 0 aromatic heterocycles. The quantitative estimate of drug-likeness (QED) is 0.535. The Hall–Kier alpha value is -4.05. The van der Waals surface area contributed by atoms with E-state index in [4.69, 9.17) is 10.5 Å². The predicted octanol–water partition coefficient (Wildman–Crippen LogP) is 2.20. The first-order valence-corrected chi connectivity index (χ1v) is 11.9. The van der Waals surface area contributed by atoms with Crippen molar-refractivity contribution in [2.24, 2.45) is 5.73 Å². The number of carbonyl (C=O) groups is 2. The molecule has 0 saturated carbocycles. The number of para-hydroxylation sites is 3. The number of nitrogens with one attached hydrogen (secondary N) is 1. The molecule has 1 heterocycles. The molecule has 10 heteroatoms. The highest BCUT2D eigenvalue weighted by molar-refractivity contribution is 7.92. The van der Waals surface area contributed by atoms with E-state index >= 15 is 0 Å². The molecule has 2 amide bonds. The van der Waals surface area contributed by atoms with Crippen LogP contribution in [0.3, 0.4) is 0 Å². The fraction of sp³-hybridized carbons (Fsp3) is 0.167. The van der Waals surface area contributed by atoms with E-state index < -0.39 is 22.0 Å². The Labute approximate surface area is 197 Å². The van der Waals surface area contributed by atoms with Gasteiger partial charge in [-0.1, -0.05) is 36.4 Å². The Kier molecular flexibility index (Phi) is 6.42. The normalized spacial score (nSPS) is 15.1. The van der Waals surface area contributed by atoms with Crippen molar-refractivity contribution < 1.29 is 22.7 Å². The third-order valence-corrected chi connectivity index (χ3v) is 7.19. The summed E-state index contributed by atoms with van der Waals surface area (Å²) < 4.78 is 32.9. The molecular formula is C24H24N4O5S. The van der Waals surface area contributed by atoms with Gasteiger partial charge in [-0.05, 0) is 42.5 Å². The van der Waals surface area contributed by atoms with Crippen molar-refractivity contribution in [3.8, 4) is 5.75 Å². The van der Waals surface area contributed by atoms with Crippen molar-refractivity contribution >= 4 is 38.9 Å². The van der Waals surface area contributed by atoms with Crippen LogP contribution in [0.4, 0.5) is 17.1 Å². The Balaban J connectivity index is 1.50. The van der Waals surface area contributed by atoms with Crippen molar-refractivity contribution in [1.29, 1.82) is 0 Å². The molecule has 0 aliphatic carbocycles. The van der Waals surface area contributed by atoms with Crippen molar-refractivity contribution in [3.05, 3.63) is 78.9 Å². The number of hydrogen-bond donors (Lipinski definition) is 2. The first-order chi connectivity index (χ1) is 16.3. The average molecular weight is 481 g/mol. The number of sulfonamides is 1. The minimum atomic E-state index is -3.83. The zero-order chi connectivity index (χ0) is 24.3. The van der Waals surface area contributed by atoms with Gasteiger partial charge in [0.25, 0.3) is 15.9 Å². The number of benzene rings is 3. The molecule has 1 aliphatic heterocycles. The number of amides is 2. The van der Waals surface area contributed by atoms with Crippen molar-refractivity contribution in [2.75, 3.05) is 34.7 Å². The van der Waals surface area contributed by atoms with Crippen LogP contribution in [0.2, 0.25) is 0 Å². The lowest BCUT2D eigenvalue weighted by molar-refractivity contribution is -0.125. The molecule has 0 saturated heterocycles. The highest BCUT2D eigenvalue weighted by Gasteiger charge is 2.30. The van der Waals surface area contributed by atoms with Crippen LogP contribution in [0, 0.1) is 0 Å². The minimum absolute atomic E-state index is 0.0437. The van der Waals surface area contributed by atoms with Gasteiger partial charge in [-0.2, -0.15) is 0 Å². The molecule has 3 N–H and O–H groups in total. The van der Waals surface area contributed by atoms with Crippen molar-refractivity contribution in [2.45, 2.75) is 11.0 Å². The summed E-state index contributed by atoms with van der Waals surface area (Å²) in [4.78, 5) is 26.2. The summed E-state index contributed by atoms with van der Waals surface area (Å²) in [7, 11) is -2.36. The summed E-state index contributed by atoms with van der Waals surface area (Å²) in [6.07, 6.45) is -0.885. The number of fused-ring (bicyclic) bond motifs is 1. The number of nitrogens with two attached hydrogens (primary N) is 1. The number of rotatable bonds is 7. The second kappa shape index (κ2) is 9.44. The van der Waals surface area contributed by atoms with E-state index in [1.54, 1.807) is 71.6 Å². The summed E-state index contributed by atoms with van der Waals surface area (Å²) >= 11 is 0. The first kappa shape index (κ1) is 23.1. The maximum Gasteiger partial charge on any atom is 0.264 e. The van der Waals surface area contributed by atoms with Gasteiger partial charge >= 0.3 is 0 Å². The number of hydrogen-bond acceptors (Lipinski definition) is 6. The van der Waals surface area contributed by atoms with E-state index in [0.29, 0.717) is 22.8 Å². The SMILES string of the molecule is CN(c1ccccc1)S(=O)(=O)c1cccc(NC(=O)CN2C[C@@H](C(N)=O)Oc3ccccc32)c1. The van der Waals surface area contributed by atoms with Gasteiger partial charge in [0.1, 0.15) is 5.75 Å². The van der Waals surface area contributed by atoms with E-state index in [1.165, 1.54) is 23.5 Å². The number of carbonyl (C=O) groups excluding carboxylic acids is 2. The van der Waals surface area contributed by atoms with Crippen LogP contribution in [0.5, 0.6) is 5.75 Å². The Bertz CT molecular complexity index is 1310. The maximum absolute atomic E-state index is 13.1. The van der Waals surface area contributed by atoms with Gasteiger partial charge in [-0.3, -0.25) is 13.9 Å². The van der Waals surface area contributed by atoms with Crippen molar-refractivity contribution in [1.82, 2.24) is 0 Å². The molecule has 1 aliphatic rings. The second-order valence-electron chi connectivity index (χ2n) is 7.74. The topological polar surface area (TPSA) is 122 Å². The lowest BCUT2D eigenvalue weighted by Crippen LogP contribution is -2.49. The Morgan fingerprint density at radius 1 is 1.06 bits per heavy atom. The van der Waals surface area contributed by atoms with E-state index in [1.807, 2.05) is 0 Å². The molecule has 1 atom stereocenters. The maximum atomic E-state index is 13.1. The molecule has 0 unspecified atom stereocenters. The largest absolute Gasteiger partial charge is 0.477 e. The van der Waals surface area contributed by atoms with Crippen LogP contribution >= 0.6 is 0 Å². The van der Waals surface area contributed by atoms with Crippen LogP contribution in [-0.2, 0) is 19.6 Å². The molecule has 0 spiro atoms. The molecule has 4 rings (SSSR count). The Morgan fingerprint density at radius 3 is 2.50 bits per heavy atom. The van der Waals surface area contributed by atoms with Crippen LogP contribution in [0.15, 0.2) is 83.8 Å².